The first-order valence-corrected chi connectivity index (χ1v) is 10.4. The molecule has 0 atom stereocenters. The normalized spacial score (nSPS) is 15.4. The molecule has 3 aromatic rings. The van der Waals surface area contributed by atoms with Crippen LogP contribution in [0.1, 0.15) is 23.2 Å². The first kappa shape index (κ1) is 21.6. The van der Waals surface area contributed by atoms with Crippen molar-refractivity contribution >= 4 is 29.1 Å². The summed E-state index contributed by atoms with van der Waals surface area (Å²) in [6.45, 7) is 0.932. The Bertz CT molecular complexity index is 1130. The molecule has 4 rings (SSSR count). The lowest BCUT2D eigenvalue weighted by molar-refractivity contribution is 0.112. The molecule has 1 aliphatic rings. The van der Waals surface area contributed by atoms with Gasteiger partial charge in [0.05, 0.1) is 18.2 Å². The topological polar surface area (TPSA) is 42.4 Å². The highest BCUT2D eigenvalue weighted by Crippen LogP contribution is 2.38. The number of methoxy groups -OCH3 is 1. The van der Waals surface area contributed by atoms with Crippen LogP contribution in [0, 0.1) is 17.5 Å². The minimum absolute atomic E-state index is 0.171. The number of nitrogens with zero attached hydrogens (tertiary/aromatic N) is 2. The Morgan fingerprint density at radius 2 is 1.81 bits per heavy atom. The first-order chi connectivity index (χ1) is 14.9. The molecule has 2 aromatic carbocycles. The van der Waals surface area contributed by atoms with E-state index in [1.165, 1.54) is 25.3 Å². The van der Waals surface area contributed by atoms with Crippen molar-refractivity contribution in [3.05, 3.63) is 53.3 Å². The monoisotopic (exact) mass is 450 g/mol. The third kappa shape index (κ3) is 4.24. The number of alkyl halides is 1. The largest absolute Gasteiger partial charge is 0.493 e. The van der Waals surface area contributed by atoms with Gasteiger partial charge in [0, 0.05) is 28.9 Å². The molecule has 0 spiro atoms. The standard InChI is InChI=1S/C22H18F4N2O2S/c1-30-22-15-3-2-12(11-29)8-18(15)27-21(20(22)26)19-16(24)9-14(10-17(19)25)31-28-6-4-13(23)5-7-28/h2-3,8-11,13H,4-7H2,1H3. The number of hydrogen-bond donors (Lipinski definition) is 0. The number of rotatable bonds is 5. The average Bonchev–Trinajstić information content (AvgIpc) is 2.75. The van der Waals surface area contributed by atoms with Crippen molar-refractivity contribution in [2.24, 2.45) is 0 Å². The lowest BCUT2D eigenvalue weighted by Gasteiger charge is -2.27. The number of ether oxygens (including phenoxy) is 1. The highest BCUT2D eigenvalue weighted by Gasteiger charge is 2.25. The summed E-state index contributed by atoms with van der Waals surface area (Å²) >= 11 is 1.13. The number of benzene rings is 2. The average molecular weight is 450 g/mol. The van der Waals surface area contributed by atoms with Crippen LogP contribution < -0.4 is 4.74 Å². The van der Waals surface area contributed by atoms with E-state index in [1.54, 1.807) is 0 Å². The highest BCUT2D eigenvalue weighted by atomic mass is 32.2. The Morgan fingerprint density at radius 3 is 2.42 bits per heavy atom. The number of carbonyl (C=O) groups is 1. The SMILES string of the molecule is COc1c(F)c(-c2c(F)cc(SN3CCC(F)CC3)cc2F)nc2cc(C=O)ccc12. The second-order valence-corrected chi connectivity index (χ2v) is 8.33. The number of aromatic nitrogens is 1. The predicted octanol–water partition coefficient (Wildman–Crippen LogP) is 5.58. The third-order valence-electron chi connectivity index (χ3n) is 5.12. The van der Waals surface area contributed by atoms with Gasteiger partial charge in [-0.15, -0.1) is 0 Å². The van der Waals surface area contributed by atoms with Crippen molar-refractivity contribution in [2.45, 2.75) is 23.9 Å². The van der Waals surface area contributed by atoms with Gasteiger partial charge >= 0.3 is 0 Å². The number of piperidine rings is 1. The van der Waals surface area contributed by atoms with Crippen LogP contribution in [0.15, 0.2) is 35.2 Å². The van der Waals surface area contributed by atoms with Crippen molar-refractivity contribution in [2.75, 3.05) is 20.2 Å². The van der Waals surface area contributed by atoms with Crippen LogP contribution in [0.5, 0.6) is 5.75 Å². The smallest absolute Gasteiger partial charge is 0.192 e. The van der Waals surface area contributed by atoms with Crippen molar-refractivity contribution < 1.29 is 27.1 Å². The lowest BCUT2D eigenvalue weighted by Crippen LogP contribution is -2.29. The lowest BCUT2D eigenvalue weighted by atomic mass is 10.1. The van der Waals surface area contributed by atoms with Gasteiger partial charge in [0.1, 0.15) is 29.8 Å². The maximum absolute atomic E-state index is 15.1. The summed E-state index contributed by atoms with van der Waals surface area (Å²) < 4.78 is 65.2. The molecule has 0 radical (unpaired) electrons. The van der Waals surface area contributed by atoms with Crippen LogP contribution in [0.2, 0.25) is 0 Å². The number of pyridine rings is 1. The zero-order valence-corrected chi connectivity index (χ0v) is 17.3. The van der Waals surface area contributed by atoms with Gasteiger partial charge in [-0.2, -0.15) is 0 Å². The second kappa shape index (κ2) is 8.84. The predicted molar refractivity (Wildman–Crippen MR) is 111 cm³/mol. The summed E-state index contributed by atoms with van der Waals surface area (Å²) in [7, 11) is 1.24. The molecule has 1 saturated heterocycles. The van der Waals surface area contributed by atoms with Gasteiger partial charge in [-0.25, -0.2) is 26.9 Å². The molecular weight excluding hydrogens is 432 g/mol. The molecule has 0 amide bonds. The maximum atomic E-state index is 15.1. The molecule has 1 aromatic heterocycles. The van der Waals surface area contributed by atoms with Gasteiger partial charge < -0.3 is 4.74 Å². The third-order valence-corrected chi connectivity index (χ3v) is 6.19. The van der Waals surface area contributed by atoms with Gasteiger partial charge in [0.2, 0.25) is 0 Å². The van der Waals surface area contributed by atoms with E-state index in [1.807, 2.05) is 4.31 Å². The van der Waals surface area contributed by atoms with E-state index in [0.717, 1.165) is 24.1 Å². The van der Waals surface area contributed by atoms with Gasteiger partial charge in [0.25, 0.3) is 0 Å². The zero-order chi connectivity index (χ0) is 22.1. The van der Waals surface area contributed by atoms with Crippen molar-refractivity contribution in [3.8, 4) is 17.0 Å². The summed E-state index contributed by atoms with van der Waals surface area (Å²) in [5.74, 6) is -3.19. The van der Waals surface area contributed by atoms with E-state index in [2.05, 4.69) is 4.98 Å². The molecule has 0 saturated carbocycles. The minimum atomic E-state index is -1.00. The Balaban J connectivity index is 1.76. The highest BCUT2D eigenvalue weighted by molar-refractivity contribution is 7.97. The van der Waals surface area contributed by atoms with Crippen LogP contribution in [0.25, 0.3) is 22.2 Å². The van der Waals surface area contributed by atoms with Crippen LogP contribution in [0.4, 0.5) is 17.6 Å². The Morgan fingerprint density at radius 1 is 1.13 bits per heavy atom. The van der Waals surface area contributed by atoms with Crippen molar-refractivity contribution in [1.82, 2.24) is 9.29 Å². The van der Waals surface area contributed by atoms with E-state index >= 15 is 4.39 Å². The molecule has 0 bridgehead atoms. The molecule has 0 unspecified atom stereocenters. The van der Waals surface area contributed by atoms with Crippen LogP contribution in [-0.4, -0.2) is 41.9 Å². The summed E-state index contributed by atoms with van der Waals surface area (Å²) in [6, 6.07) is 6.53. The van der Waals surface area contributed by atoms with Crippen molar-refractivity contribution in [1.29, 1.82) is 0 Å². The Labute approximate surface area is 180 Å². The Hall–Kier alpha value is -2.65. The molecular formula is C22H18F4N2O2S. The van der Waals surface area contributed by atoms with Crippen LogP contribution in [-0.2, 0) is 0 Å². The number of carbonyl (C=O) groups excluding carboxylic acids is 1. The number of halogens is 4. The fourth-order valence-electron chi connectivity index (χ4n) is 3.56. The van der Waals surface area contributed by atoms with E-state index in [-0.39, 0.29) is 27.1 Å². The van der Waals surface area contributed by atoms with Crippen LogP contribution >= 0.6 is 11.9 Å². The molecule has 162 valence electrons. The van der Waals surface area contributed by atoms with E-state index < -0.39 is 34.9 Å². The molecule has 31 heavy (non-hydrogen) atoms. The Kier molecular flexibility index (Phi) is 6.15. The molecule has 2 heterocycles. The van der Waals surface area contributed by atoms with Crippen molar-refractivity contribution in [3.63, 3.8) is 0 Å². The van der Waals surface area contributed by atoms with E-state index in [4.69, 9.17) is 4.74 Å². The summed E-state index contributed by atoms with van der Waals surface area (Å²) in [5.41, 5.74) is -0.716. The fraction of sp³-hybridized carbons (Fsp3) is 0.273. The molecule has 9 heteroatoms. The van der Waals surface area contributed by atoms with E-state index in [9.17, 15) is 18.0 Å². The molecule has 1 aliphatic heterocycles. The quantitative estimate of drug-likeness (QED) is 0.288. The van der Waals surface area contributed by atoms with Crippen LogP contribution in [0.3, 0.4) is 0 Å². The van der Waals surface area contributed by atoms with Gasteiger partial charge in [-0.3, -0.25) is 4.79 Å². The number of hydrogen-bond acceptors (Lipinski definition) is 5. The zero-order valence-electron chi connectivity index (χ0n) is 16.5. The fourth-order valence-corrected chi connectivity index (χ4v) is 4.56. The molecule has 0 aliphatic carbocycles. The van der Waals surface area contributed by atoms with Gasteiger partial charge in [-0.1, -0.05) is 6.07 Å². The molecule has 1 fully saturated rings. The minimum Gasteiger partial charge on any atom is -0.493 e. The first-order valence-electron chi connectivity index (χ1n) is 9.60. The van der Waals surface area contributed by atoms with Gasteiger partial charge in [-0.05, 0) is 49.1 Å². The van der Waals surface area contributed by atoms with Gasteiger partial charge in [0.15, 0.2) is 11.6 Å². The summed E-state index contributed by atoms with van der Waals surface area (Å²) in [4.78, 5) is 15.4. The maximum Gasteiger partial charge on any atom is 0.192 e. The molecule has 4 nitrogen and oxygen atoms in total. The second-order valence-electron chi connectivity index (χ2n) is 7.16. The number of aldehydes is 1. The molecule has 0 N–H and O–H groups in total. The summed E-state index contributed by atoms with van der Waals surface area (Å²) in [6.07, 6.45) is 0.468. The van der Waals surface area contributed by atoms with E-state index in [0.29, 0.717) is 32.2 Å². The number of fused-ring (bicyclic) bond motifs is 1. The summed E-state index contributed by atoms with van der Waals surface area (Å²) in [5, 5.41) is 0.276.